The highest BCUT2D eigenvalue weighted by molar-refractivity contribution is 9.09. The molecule has 1 unspecified atom stereocenters. The van der Waals surface area contributed by atoms with E-state index in [9.17, 15) is 0 Å². The van der Waals surface area contributed by atoms with Gasteiger partial charge in [-0.2, -0.15) is 5.10 Å². The molecule has 1 aliphatic heterocycles. The van der Waals surface area contributed by atoms with Crippen LogP contribution in [0.3, 0.4) is 0 Å². The maximum atomic E-state index is 5.57. The number of nitrogens with zero attached hydrogens (tertiary/aromatic N) is 3. The topological polar surface area (TPSA) is 38.2 Å². The zero-order valence-electron chi connectivity index (χ0n) is 8.69. The van der Waals surface area contributed by atoms with Gasteiger partial charge in [-0.25, -0.2) is 0 Å². The van der Waals surface area contributed by atoms with Crippen LogP contribution in [0, 0.1) is 6.92 Å². The highest BCUT2D eigenvalue weighted by Gasteiger charge is 2.20. The van der Waals surface area contributed by atoms with Gasteiger partial charge in [0.05, 0.1) is 18.9 Å². The second-order valence-electron chi connectivity index (χ2n) is 3.68. The third-order valence-electron chi connectivity index (χ3n) is 2.41. The Hall–Kier alpha value is -0.680. The first-order valence-electron chi connectivity index (χ1n) is 5.01. The Morgan fingerprint density at radius 3 is 3.27 bits per heavy atom. The number of alkyl halides is 1. The largest absolute Gasteiger partial charge is 0.374 e. The third kappa shape index (κ3) is 2.66. The van der Waals surface area contributed by atoms with Crippen LogP contribution in [0.15, 0.2) is 12.3 Å². The number of hydrogen-bond donors (Lipinski definition) is 0. The zero-order chi connectivity index (χ0) is 10.7. The molecular weight excluding hydrogens is 258 g/mol. The van der Waals surface area contributed by atoms with Gasteiger partial charge in [-0.05, 0) is 18.6 Å². The summed E-state index contributed by atoms with van der Waals surface area (Å²) < 4.78 is 5.57. The number of halogens is 1. The molecule has 2 heterocycles. The lowest BCUT2D eigenvalue weighted by molar-refractivity contribution is 0.0567. The third-order valence-corrected chi connectivity index (χ3v) is 3.14. The van der Waals surface area contributed by atoms with Crippen molar-refractivity contribution < 1.29 is 4.74 Å². The van der Waals surface area contributed by atoms with Crippen LogP contribution in [0.2, 0.25) is 0 Å². The monoisotopic (exact) mass is 271 g/mol. The van der Waals surface area contributed by atoms with Crippen molar-refractivity contribution in [3.8, 4) is 0 Å². The van der Waals surface area contributed by atoms with Gasteiger partial charge in [0.1, 0.15) is 0 Å². The minimum absolute atomic E-state index is 0.251. The molecule has 0 amide bonds. The average molecular weight is 272 g/mol. The zero-order valence-corrected chi connectivity index (χ0v) is 10.3. The first-order chi connectivity index (χ1) is 7.29. The summed E-state index contributed by atoms with van der Waals surface area (Å²) in [4.78, 5) is 2.22. The summed E-state index contributed by atoms with van der Waals surface area (Å²) in [5.74, 6) is 0.948. The minimum Gasteiger partial charge on any atom is -0.374 e. The van der Waals surface area contributed by atoms with Crippen LogP contribution in [-0.4, -0.2) is 41.3 Å². The Morgan fingerprint density at radius 2 is 2.53 bits per heavy atom. The molecule has 0 aliphatic carbocycles. The average Bonchev–Trinajstić information content (AvgIpc) is 2.29. The van der Waals surface area contributed by atoms with Crippen LogP contribution < -0.4 is 4.90 Å². The van der Waals surface area contributed by atoms with E-state index >= 15 is 0 Å². The van der Waals surface area contributed by atoms with Crippen molar-refractivity contribution in [1.29, 1.82) is 0 Å². The van der Waals surface area contributed by atoms with E-state index in [0.717, 1.165) is 36.4 Å². The van der Waals surface area contributed by atoms with Gasteiger partial charge in [0, 0.05) is 18.4 Å². The number of ether oxygens (including phenoxy) is 1. The molecule has 2 rings (SSSR count). The lowest BCUT2D eigenvalue weighted by atomic mass is 10.2. The molecule has 0 saturated carbocycles. The lowest BCUT2D eigenvalue weighted by Gasteiger charge is -2.32. The fraction of sp³-hybridized carbons (Fsp3) is 0.600. The number of morpholine rings is 1. The van der Waals surface area contributed by atoms with Gasteiger partial charge in [0.15, 0.2) is 5.82 Å². The van der Waals surface area contributed by atoms with Crippen molar-refractivity contribution in [2.24, 2.45) is 0 Å². The fourth-order valence-corrected chi connectivity index (χ4v) is 2.02. The summed E-state index contributed by atoms with van der Waals surface area (Å²) in [6.07, 6.45) is 2.02. The molecule has 1 aromatic heterocycles. The Bertz CT molecular complexity index is 334. The molecule has 0 aromatic carbocycles. The van der Waals surface area contributed by atoms with Crippen molar-refractivity contribution in [3.05, 3.63) is 17.8 Å². The standard InChI is InChI=1S/C10H14BrN3O/c1-8-4-10(13-12-6-8)14-2-3-15-9(5-11)7-14/h4,6,9H,2-3,5,7H2,1H3. The van der Waals surface area contributed by atoms with Gasteiger partial charge in [0.25, 0.3) is 0 Å². The molecule has 1 aromatic rings. The molecule has 0 radical (unpaired) electrons. The summed E-state index contributed by atoms with van der Waals surface area (Å²) in [5, 5.41) is 8.97. The molecule has 1 atom stereocenters. The maximum Gasteiger partial charge on any atom is 0.151 e. The van der Waals surface area contributed by atoms with E-state index in [4.69, 9.17) is 4.74 Å². The van der Waals surface area contributed by atoms with Gasteiger partial charge < -0.3 is 9.64 Å². The summed E-state index contributed by atoms with van der Waals surface area (Å²) >= 11 is 3.44. The SMILES string of the molecule is Cc1cnnc(N2CCOC(CBr)C2)c1. The van der Waals surface area contributed by atoms with Crippen LogP contribution >= 0.6 is 15.9 Å². The van der Waals surface area contributed by atoms with Crippen molar-refractivity contribution in [2.75, 3.05) is 29.9 Å². The first kappa shape index (κ1) is 10.8. The smallest absolute Gasteiger partial charge is 0.151 e. The van der Waals surface area contributed by atoms with Crippen LogP contribution in [0.1, 0.15) is 5.56 Å². The van der Waals surface area contributed by atoms with Crippen molar-refractivity contribution >= 4 is 21.7 Å². The highest BCUT2D eigenvalue weighted by Crippen LogP contribution is 2.15. The van der Waals surface area contributed by atoms with Crippen molar-refractivity contribution in [2.45, 2.75) is 13.0 Å². The molecule has 0 bridgehead atoms. The molecule has 1 saturated heterocycles. The molecule has 15 heavy (non-hydrogen) atoms. The summed E-state index contributed by atoms with van der Waals surface area (Å²) in [5.41, 5.74) is 1.14. The normalized spacial score (nSPS) is 21.7. The Balaban J connectivity index is 2.09. The highest BCUT2D eigenvalue weighted by atomic mass is 79.9. The Morgan fingerprint density at radius 1 is 1.67 bits per heavy atom. The summed E-state index contributed by atoms with van der Waals surface area (Å²) in [6, 6.07) is 2.06. The van der Waals surface area contributed by atoms with E-state index in [1.807, 2.05) is 6.92 Å². The van der Waals surface area contributed by atoms with Crippen LogP contribution in [0.5, 0.6) is 0 Å². The molecule has 4 nitrogen and oxygen atoms in total. The molecule has 1 fully saturated rings. The molecule has 0 N–H and O–H groups in total. The van der Waals surface area contributed by atoms with E-state index in [2.05, 4.69) is 37.1 Å². The second kappa shape index (κ2) is 4.90. The predicted octanol–water partition coefficient (Wildman–Crippen LogP) is 1.39. The van der Waals surface area contributed by atoms with Gasteiger partial charge in [-0.15, -0.1) is 5.10 Å². The number of aromatic nitrogens is 2. The first-order valence-corrected chi connectivity index (χ1v) is 6.13. The second-order valence-corrected chi connectivity index (χ2v) is 4.33. The van der Waals surface area contributed by atoms with E-state index in [-0.39, 0.29) is 6.10 Å². The van der Waals surface area contributed by atoms with Crippen molar-refractivity contribution in [1.82, 2.24) is 10.2 Å². The van der Waals surface area contributed by atoms with Crippen LogP contribution in [0.4, 0.5) is 5.82 Å². The minimum atomic E-state index is 0.251. The Labute approximate surface area is 97.8 Å². The van der Waals surface area contributed by atoms with E-state index in [1.165, 1.54) is 0 Å². The molecule has 1 aliphatic rings. The van der Waals surface area contributed by atoms with E-state index in [0.29, 0.717) is 0 Å². The van der Waals surface area contributed by atoms with E-state index < -0.39 is 0 Å². The molecule has 0 spiro atoms. The fourth-order valence-electron chi connectivity index (χ4n) is 1.62. The van der Waals surface area contributed by atoms with Gasteiger partial charge >= 0.3 is 0 Å². The summed E-state index contributed by atoms with van der Waals surface area (Å²) in [7, 11) is 0. The number of anilines is 1. The number of hydrogen-bond acceptors (Lipinski definition) is 4. The van der Waals surface area contributed by atoms with E-state index in [1.54, 1.807) is 6.20 Å². The van der Waals surface area contributed by atoms with Crippen LogP contribution in [0.25, 0.3) is 0 Å². The predicted molar refractivity (Wildman–Crippen MR) is 62.5 cm³/mol. The quantitative estimate of drug-likeness (QED) is 0.762. The Kier molecular flexibility index (Phi) is 3.53. The maximum absolute atomic E-state index is 5.57. The van der Waals surface area contributed by atoms with Gasteiger partial charge in [0.2, 0.25) is 0 Å². The summed E-state index contributed by atoms with van der Waals surface area (Å²) in [6.45, 7) is 4.55. The van der Waals surface area contributed by atoms with Crippen LogP contribution in [-0.2, 0) is 4.74 Å². The number of aryl methyl sites for hydroxylation is 1. The van der Waals surface area contributed by atoms with Gasteiger partial charge in [-0.3, -0.25) is 0 Å². The van der Waals surface area contributed by atoms with Gasteiger partial charge in [-0.1, -0.05) is 15.9 Å². The molecule has 82 valence electrons. The number of rotatable bonds is 2. The molecular formula is C10H14BrN3O. The molecule has 5 heteroatoms. The van der Waals surface area contributed by atoms with Crippen molar-refractivity contribution in [3.63, 3.8) is 0 Å². The lowest BCUT2D eigenvalue weighted by Crippen LogP contribution is -2.43.